The van der Waals surface area contributed by atoms with Gasteiger partial charge in [-0.05, 0) is 30.9 Å². The first-order valence-corrected chi connectivity index (χ1v) is 6.93. The molecule has 3 heteroatoms. The Morgan fingerprint density at radius 1 is 1.39 bits per heavy atom. The molecule has 0 aliphatic heterocycles. The van der Waals surface area contributed by atoms with Crippen LogP contribution < -0.4 is 11.1 Å². The van der Waals surface area contributed by atoms with Crippen molar-refractivity contribution in [1.29, 1.82) is 0 Å². The van der Waals surface area contributed by atoms with E-state index in [4.69, 9.17) is 5.73 Å². The van der Waals surface area contributed by atoms with E-state index in [1.165, 1.54) is 0 Å². The van der Waals surface area contributed by atoms with Crippen molar-refractivity contribution in [3.8, 4) is 0 Å². The second-order valence-corrected chi connectivity index (χ2v) is 4.88. The SMILES string of the molecule is C=CNCC(C=C(CC)/N=C(/N)CCC)C(C)C. The van der Waals surface area contributed by atoms with Crippen molar-refractivity contribution in [2.75, 3.05) is 6.54 Å². The number of aliphatic imine (C=N–C) groups is 1. The van der Waals surface area contributed by atoms with E-state index in [0.29, 0.717) is 11.8 Å². The van der Waals surface area contributed by atoms with Gasteiger partial charge in [-0.25, -0.2) is 4.99 Å². The Labute approximate surface area is 112 Å². The second-order valence-electron chi connectivity index (χ2n) is 4.88. The molecular weight excluding hydrogens is 222 g/mol. The minimum atomic E-state index is 0.455. The predicted octanol–water partition coefficient (Wildman–Crippen LogP) is 3.44. The summed E-state index contributed by atoms with van der Waals surface area (Å²) >= 11 is 0. The monoisotopic (exact) mass is 251 g/mol. The van der Waals surface area contributed by atoms with Gasteiger partial charge in [0.2, 0.25) is 0 Å². The summed E-state index contributed by atoms with van der Waals surface area (Å²) in [6.07, 6.45) is 6.81. The van der Waals surface area contributed by atoms with Gasteiger partial charge in [-0.15, -0.1) is 0 Å². The molecular formula is C15H29N3. The highest BCUT2D eigenvalue weighted by atomic mass is 14.9. The van der Waals surface area contributed by atoms with E-state index in [-0.39, 0.29) is 0 Å². The third-order valence-corrected chi connectivity index (χ3v) is 2.92. The summed E-state index contributed by atoms with van der Waals surface area (Å²) in [6.45, 7) is 13.3. The van der Waals surface area contributed by atoms with Gasteiger partial charge in [-0.1, -0.05) is 40.3 Å². The maximum atomic E-state index is 5.89. The van der Waals surface area contributed by atoms with Crippen LogP contribution in [-0.2, 0) is 0 Å². The molecule has 18 heavy (non-hydrogen) atoms. The molecule has 3 N–H and O–H groups in total. The average molecular weight is 251 g/mol. The van der Waals surface area contributed by atoms with Crippen LogP contribution in [0.3, 0.4) is 0 Å². The molecule has 0 saturated heterocycles. The molecule has 0 aromatic rings. The fourth-order valence-corrected chi connectivity index (χ4v) is 1.68. The van der Waals surface area contributed by atoms with Gasteiger partial charge in [0.25, 0.3) is 0 Å². The summed E-state index contributed by atoms with van der Waals surface area (Å²) in [5, 5.41) is 3.18. The Bertz CT molecular complexity index is 290. The van der Waals surface area contributed by atoms with E-state index in [1.54, 1.807) is 6.20 Å². The van der Waals surface area contributed by atoms with E-state index >= 15 is 0 Å². The first-order chi connectivity index (χ1) is 8.54. The number of amidine groups is 1. The molecule has 0 aliphatic carbocycles. The van der Waals surface area contributed by atoms with E-state index in [1.807, 2.05) is 0 Å². The van der Waals surface area contributed by atoms with E-state index in [2.05, 4.69) is 50.7 Å². The Balaban J connectivity index is 4.80. The van der Waals surface area contributed by atoms with Gasteiger partial charge in [0.1, 0.15) is 0 Å². The summed E-state index contributed by atoms with van der Waals surface area (Å²) in [4.78, 5) is 4.52. The van der Waals surface area contributed by atoms with Crippen molar-refractivity contribution in [2.45, 2.75) is 47.0 Å². The summed E-state index contributed by atoms with van der Waals surface area (Å²) in [7, 11) is 0. The average Bonchev–Trinajstić information content (AvgIpc) is 2.32. The Morgan fingerprint density at radius 2 is 2.06 bits per heavy atom. The molecule has 0 saturated carbocycles. The topological polar surface area (TPSA) is 50.4 Å². The highest BCUT2D eigenvalue weighted by Gasteiger charge is 2.10. The standard InChI is InChI=1S/C15H29N3/c1-6-9-15(16)18-14(7-2)10-13(12(4)5)11-17-8-3/h8,10,12-13,17H,3,6-7,9,11H2,1-2,4-5H3,(H2,16,18). The Hall–Kier alpha value is -1.25. The summed E-state index contributed by atoms with van der Waals surface area (Å²) in [6, 6.07) is 0. The van der Waals surface area contributed by atoms with Crippen LogP contribution >= 0.6 is 0 Å². The maximum Gasteiger partial charge on any atom is 0.0992 e. The first kappa shape index (κ1) is 16.8. The largest absolute Gasteiger partial charge is 0.391 e. The zero-order chi connectivity index (χ0) is 14.0. The van der Waals surface area contributed by atoms with Gasteiger partial charge in [0.05, 0.1) is 5.84 Å². The Morgan fingerprint density at radius 3 is 2.50 bits per heavy atom. The van der Waals surface area contributed by atoms with E-state index in [9.17, 15) is 0 Å². The lowest BCUT2D eigenvalue weighted by Crippen LogP contribution is -2.21. The third kappa shape index (κ3) is 7.15. The molecule has 0 heterocycles. The van der Waals surface area contributed by atoms with Crippen molar-refractivity contribution in [3.05, 3.63) is 24.6 Å². The van der Waals surface area contributed by atoms with Crippen molar-refractivity contribution >= 4 is 5.84 Å². The van der Waals surface area contributed by atoms with Gasteiger partial charge in [-0.3, -0.25) is 0 Å². The normalized spacial score (nSPS) is 14.7. The number of hydrogen-bond acceptors (Lipinski definition) is 2. The van der Waals surface area contributed by atoms with Gasteiger partial charge >= 0.3 is 0 Å². The van der Waals surface area contributed by atoms with Crippen LogP contribution in [-0.4, -0.2) is 12.4 Å². The molecule has 0 fully saturated rings. The molecule has 0 aromatic heterocycles. The van der Waals surface area contributed by atoms with Crippen LogP contribution in [0.1, 0.15) is 47.0 Å². The molecule has 0 bridgehead atoms. The van der Waals surface area contributed by atoms with Crippen LogP contribution in [0.15, 0.2) is 29.5 Å². The summed E-state index contributed by atoms with van der Waals surface area (Å²) in [5.74, 6) is 1.77. The van der Waals surface area contributed by atoms with Crippen LogP contribution in [0.2, 0.25) is 0 Å². The molecule has 0 radical (unpaired) electrons. The van der Waals surface area contributed by atoms with E-state index in [0.717, 1.165) is 37.3 Å². The van der Waals surface area contributed by atoms with Crippen LogP contribution in [0, 0.1) is 11.8 Å². The highest BCUT2D eigenvalue weighted by molar-refractivity contribution is 5.81. The molecule has 0 spiro atoms. The number of nitrogens with zero attached hydrogens (tertiary/aromatic N) is 1. The molecule has 104 valence electrons. The third-order valence-electron chi connectivity index (χ3n) is 2.92. The molecule has 0 aromatic carbocycles. The Kier molecular flexibility index (Phi) is 9.07. The molecule has 3 nitrogen and oxygen atoms in total. The molecule has 0 aliphatic rings. The summed E-state index contributed by atoms with van der Waals surface area (Å²) in [5.41, 5.74) is 6.98. The van der Waals surface area contributed by atoms with Crippen LogP contribution in [0.5, 0.6) is 0 Å². The molecule has 0 rings (SSSR count). The molecule has 1 atom stereocenters. The number of nitrogens with two attached hydrogens (primary N) is 1. The van der Waals surface area contributed by atoms with Crippen molar-refractivity contribution < 1.29 is 0 Å². The first-order valence-electron chi connectivity index (χ1n) is 6.93. The quantitative estimate of drug-likeness (QED) is 0.487. The minimum absolute atomic E-state index is 0.455. The smallest absolute Gasteiger partial charge is 0.0992 e. The van der Waals surface area contributed by atoms with Crippen molar-refractivity contribution in [3.63, 3.8) is 0 Å². The van der Waals surface area contributed by atoms with Gasteiger partial charge in [-0.2, -0.15) is 0 Å². The zero-order valence-electron chi connectivity index (χ0n) is 12.4. The fraction of sp³-hybridized carbons (Fsp3) is 0.667. The zero-order valence-corrected chi connectivity index (χ0v) is 12.4. The lowest BCUT2D eigenvalue weighted by molar-refractivity contribution is 0.451. The van der Waals surface area contributed by atoms with E-state index < -0.39 is 0 Å². The highest BCUT2D eigenvalue weighted by Crippen LogP contribution is 2.16. The van der Waals surface area contributed by atoms with Crippen molar-refractivity contribution in [1.82, 2.24) is 5.32 Å². The molecule has 0 amide bonds. The number of rotatable bonds is 9. The van der Waals surface area contributed by atoms with Gasteiger partial charge < -0.3 is 11.1 Å². The lowest BCUT2D eigenvalue weighted by atomic mass is 9.94. The van der Waals surface area contributed by atoms with Gasteiger partial charge in [0, 0.05) is 18.7 Å². The lowest BCUT2D eigenvalue weighted by Gasteiger charge is -2.18. The number of allylic oxidation sites excluding steroid dienone is 1. The second kappa shape index (κ2) is 9.75. The number of hydrogen-bond donors (Lipinski definition) is 2. The number of nitrogens with one attached hydrogen (secondary N) is 1. The predicted molar refractivity (Wildman–Crippen MR) is 81.4 cm³/mol. The van der Waals surface area contributed by atoms with Crippen LogP contribution in [0.25, 0.3) is 0 Å². The van der Waals surface area contributed by atoms with Crippen molar-refractivity contribution in [2.24, 2.45) is 22.6 Å². The van der Waals surface area contributed by atoms with Gasteiger partial charge in [0.15, 0.2) is 0 Å². The molecule has 1 unspecified atom stereocenters. The summed E-state index contributed by atoms with van der Waals surface area (Å²) < 4.78 is 0. The fourth-order valence-electron chi connectivity index (χ4n) is 1.68. The van der Waals surface area contributed by atoms with Crippen LogP contribution in [0.4, 0.5) is 0 Å². The minimum Gasteiger partial charge on any atom is -0.391 e. The maximum absolute atomic E-state index is 5.89.